The molecule has 1 aliphatic rings. The van der Waals surface area contributed by atoms with Crippen molar-refractivity contribution < 1.29 is 4.39 Å². The Labute approximate surface area is 125 Å². The van der Waals surface area contributed by atoms with Crippen molar-refractivity contribution in [2.45, 2.75) is 0 Å². The first-order chi connectivity index (χ1) is 8.75. The van der Waals surface area contributed by atoms with E-state index in [1.165, 1.54) is 6.07 Å². The maximum atomic E-state index is 13.4. The minimum atomic E-state index is -0.223. The molecular weight excluding hydrogens is 333 g/mol. The second-order valence-electron chi connectivity index (χ2n) is 4.35. The predicted octanol–water partition coefficient (Wildman–Crippen LogP) is 2.97. The Morgan fingerprint density at radius 3 is 2.74 bits per heavy atom. The van der Waals surface area contributed by atoms with E-state index in [1.54, 1.807) is 18.3 Å². The standard InChI is InChI=1S/C13H13BrFN3.ClH/c14-11-8-17-12-2-1-9(15)7-10(12)13(11)18-5-3-16-4-6-18;/h1-2,7-8,16H,3-6H2;1H. The lowest BCUT2D eigenvalue weighted by Crippen LogP contribution is -2.43. The third kappa shape index (κ3) is 2.83. The van der Waals surface area contributed by atoms with Crippen molar-refractivity contribution >= 4 is 44.9 Å². The SMILES string of the molecule is Cl.Fc1ccc2ncc(Br)c(N3CCNCC3)c2c1. The molecule has 1 saturated heterocycles. The number of aromatic nitrogens is 1. The van der Waals surface area contributed by atoms with Crippen LogP contribution in [0.15, 0.2) is 28.9 Å². The van der Waals surface area contributed by atoms with Gasteiger partial charge in [0.2, 0.25) is 0 Å². The number of hydrogen-bond acceptors (Lipinski definition) is 3. The van der Waals surface area contributed by atoms with Crippen molar-refractivity contribution in [2.24, 2.45) is 0 Å². The maximum absolute atomic E-state index is 13.4. The summed E-state index contributed by atoms with van der Waals surface area (Å²) in [5.41, 5.74) is 1.87. The van der Waals surface area contributed by atoms with Crippen LogP contribution in [-0.2, 0) is 0 Å². The van der Waals surface area contributed by atoms with Gasteiger partial charge in [0.15, 0.2) is 0 Å². The Kier molecular flexibility index (Phi) is 4.60. The van der Waals surface area contributed by atoms with E-state index in [2.05, 4.69) is 31.1 Å². The van der Waals surface area contributed by atoms with Gasteiger partial charge in [-0.2, -0.15) is 0 Å². The maximum Gasteiger partial charge on any atom is 0.124 e. The molecule has 19 heavy (non-hydrogen) atoms. The van der Waals surface area contributed by atoms with E-state index in [-0.39, 0.29) is 18.2 Å². The van der Waals surface area contributed by atoms with Gasteiger partial charge in [-0.05, 0) is 34.1 Å². The van der Waals surface area contributed by atoms with Crippen molar-refractivity contribution in [1.29, 1.82) is 0 Å². The molecule has 2 heterocycles. The van der Waals surface area contributed by atoms with Crippen LogP contribution >= 0.6 is 28.3 Å². The molecule has 0 atom stereocenters. The number of piperazine rings is 1. The monoisotopic (exact) mass is 345 g/mol. The Bertz CT molecular complexity index is 582. The quantitative estimate of drug-likeness (QED) is 0.860. The Morgan fingerprint density at radius 2 is 2.00 bits per heavy atom. The lowest BCUT2D eigenvalue weighted by atomic mass is 10.1. The van der Waals surface area contributed by atoms with Crippen molar-refractivity contribution in [2.75, 3.05) is 31.1 Å². The van der Waals surface area contributed by atoms with Crippen molar-refractivity contribution in [3.05, 3.63) is 34.7 Å². The Morgan fingerprint density at radius 1 is 1.26 bits per heavy atom. The van der Waals surface area contributed by atoms with Crippen LogP contribution in [0.25, 0.3) is 10.9 Å². The number of anilines is 1. The number of benzene rings is 1. The van der Waals surface area contributed by atoms with Gasteiger partial charge in [-0.25, -0.2) is 4.39 Å². The topological polar surface area (TPSA) is 28.2 Å². The molecule has 6 heteroatoms. The van der Waals surface area contributed by atoms with E-state index >= 15 is 0 Å². The van der Waals surface area contributed by atoms with E-state index < -0.39 is 0 Å². The van der Waals surface area contributed by atoms with Crippen molar-refractivity contribution in [3.8, 4) is 0 Å². The molecule has 3 nitrogen and oxygen atoms in total. The summed E-state index contributed by atoms with van der Waals surface area (Å²) < 4.78 is 14.4. The van der Waals surface area contributed by atoms with Gasteiger partial charge in [-0.3, -0.25) is 4.98 Å². The van der Waals surface area contributed by atoms with E-state index in [0.29, 0.717) is 0 Å². The molecule has 0 saturated carbocycles. The van der Waals surface area contributed by atoms with E-state index in [1.807, 2.05) is 0 Å². The normalized spacial score (nSPS) is 15.4. The second kappa shape index (κ2) is 6.03. The number of halogens is 3. The molecule has 1 aromatic heterocycles. The molecule has 0 radical (unpaired) electrons. The minimum Gasteiger partial charge on any atom is -0.367 e. The van der Waals surface area contributed by atoms with Gasteiger partial charge in [0.05, 0.1) is 15.7 Å². The van der Waals surface area contributed by atoms with E-state index in [9.17, 15) is 4.39 Å². The van der Waals surface area contributed by atoms with Crippen LogP contribution in [0, 0.1) is 5.82 Å². The highest BCUT2D eigenvalue weighted by molar-refractivity contribution is 9.10. The molecule has 0 bridgehead atoms. The molecule has 102 valence electrons. The van der Waals surface area contributed by atoms with Crippen LogP contribution in [0.4, 0.5) is 10.1 Å². The molecular formula is C13H14BrClFN3. The smallest absolute Gasteiger partial charge is 0.124 e. The highest BCUT2D eigenvalue weighted by atomic mass is 79.9. The van der Waals surface area contributed by atoms with Crippen LogP contribution in [-0.4, -0.2) is 31.2 Å². The highest BCUT2D eigenvalue weighted by Crippen LogP contribution is 2.33. The largest absolute Gasteiger partial charge is 0.367 e. The van der Waals surface area contributed by atoms with Gasteiger partial charge in [-0.15, -0.1) is 12.4 Å². The summed E-state index contributed by atoms with van der Waals surface area (Å²) in [4.78, 5) is 6.59. The fraction of sp³-hybridized carbons (Fsp3) is 0.308. The van der Waals surface area contributed by atoms with Crippen molar-refractivity contribution in [1.82, 2.24) is 10.3 Å². The number of rotatable bonds is 1. The Hall–Kier alpha value is -0.910. The molecule has 0 aliphatic carbocycles. The molecule has 0 amide bonds. The van der Waals surface area contributed by atoms with Gasteiger partial charge >= 0.3 is 0 Å². The summed E-state index contributed by atoms with van der Waals surface area (Å²) >= 11 is 3.53. The van der Waals surface area contributed by atoms with E-state index in [4.69, 9.17) is 0 Å². The third-order valence-electron chi connectivity index (χ3n) is 3.19. The number of fused-ring (bicyclic) bond motifs is 1. The molecule has 1 fully saturated rings. The van der Waals surface area contributed by atoms with E-state index in [0.717, 1.165) is 47.2 Å². The summed E-state index contributed by atoms with van der Waals surface area (Å²) in [5, 5.41) is 4.18. The predicted molar refractivity (Wildman–Crippen MR) is 81.7 cm³/mol. The number of nitrogens with zero attached hydrogens (tertiary/aromatic N) is 2. The fourth-order valence-corrected chi connectivity index (χ4v) is 2.90. The van der Waals surface area contributed by atoms with Crippen LogP contribution in [0.2, 0.25) is 0 Å². The van der Waals surface area contributed by atoms with Gasteiger partial charge in [0.25, 0.3) is 0 Å². The first-order valence-corrected chi connectivity index (χ1v) is 6.74. The molecule has 3 rings (SSSR count). The lowest BCUT2D eigenvalue weighted by Gasteiger charge is -2.31. The molecule has 2 aromatic rings. The zero-order valence-electron chi connectivity index (χ0n) is 10.2. The minimum absolute atomic E-state index is 0. The van der Waals surface area contributed by atoms with Crippen molar-refractivity contribution in [3.63, 3.8) is 0 Å². The molecule has 0 unspecified atom stereocenters. The van der Waals surface area contributed by atoms with Gasteiger partial charge < -0.3 is 10.2 Å². The number of pyridine rings is 1. The first kappa shape index (κ1) is 14.5. The zero-order valence-corrected chi connectivity index (χ0v) is 12.6. The van der Waals surface area contributed by atoms with Crippen LogP contribution in [0.5, 0.6) is 0 Å². The van der Waals surface area contributed by atoms with Crippen LogP contribution in [0.3, 0.4) is 0 Å². The summed E-state index contributed by atoms with van der Waals surface area (Å²) in [6, 6.07) is 4.73. The average Bonchev–Trinajstić information content (AvgIpc) is 2.39. The highest BCUT2D eigenvalue weighted by Gasteiger charge is 2.17. The zero-order chi connectivity index (χ0) is 12.5. The third-order valence-corrected chi connectivity index (χ3v) is 3.77. The lowest BCUT2D eigenvalue weighted by molar-refractivity contribution is 0.589. The molecule has 1 aromatic carbocycles. The second-order valence-corrected chi connectivity index (χ2v) is 5.21. The summed E-state index contributed by atoms with van der Waals surface area (Å²) in [6.45, 7) is 3.75. The number of nitrogens with one attached hydrogen (secondary N) is 1. The summed E-state index contributed by atoms with van der Waals surface area (Å²) in [5.74, 6) is -0.223. The average molecular weight is 347 g/mol. The van der Waals surface area contributed by atoms with Crippen LogP contribution < -0.4 is 10.2 Å². The number of hydrogen-bond donors (Lipinski definition) is 1. The fourth-order valence-electron chi connectivity index (χ4n) is 2.34. The van der Waals surface area contributed by atoms with Gasteiger partial charge in [0.1, 0.15) is 5.82 Å². The summed E-state index contributed by atoms with van der Waals surface area (Å²) in [6.07, 6.45) is 1.79. The molecule has 1 N–H and O–H groups in total. The van der Waals surface area contributed by atoms with Crippen LogP contribution in [0.1, 0.15) is 0 Å². The Balaban J connectivity index is 0.00000133. The summed E-state index contributed by atoms with van der Waals surface area (Å²) in [7, 11) is 0. The van der Waals surface area contributed by atoms with Gasteiger partial charge in [0, 0.05) is 37.8 Å². The van der Waals surface area contributed by atoms with Gasteiger partial charge in [-0.1, -0.05) is 0 Å². The molecule has 1 aliphatic heterocycles. The molecule has 0 spiro atoms. The first-order valence-electron chi connectivity index (χ1n) is 5.95.